The first-order valence-corrected chi connectivity index (χ1v) is 5.94. The van der Waals surface area contributed by atoms with Crippen molar-refractivity contribution in [2.45, 2.75) is 13.1 Å². The van der Waals surface area contributed by atoms with Crippen LogP contribution in [0.3, 0.4) is 0 Å². The van der Waals surface area contributed by atoms with Crippen molar-refractivity contribution in [3.63, 3.8) is 0 Å². The lowest BCUT2D eigenvalue weighted by Gasteiger charge is -2.08. The quantitative estimate of drug-likeness (QED) is 0.875. The van der Waals surface area contributed by atoms with Gasteiger partial charge in [-0.15, -0.1) is 0 Å². The highest BCUT2D eigenvalue weighted by Gasteiger charge is 2.13. The Bertz CT molecular complexity index is 595. The second kappa shape index (κ2) is 4.42. The number of nitrogens with one attached hydrogen (secondary N) is 1. The fourth-order valence-electron chi connectivity index (χ4n) is 2.31. The average Bonchev–Trinajstić information content (AvgIpc) is 2.86. The molecule has 0 bridgehead atoms. The molecule has 0 saturated heterocycles. The van der Waals surface area contributed by atoms with E-state index in [0.717, 1.165) is 18.7 Å². The molecule has 0 radical (unpaired) electrons. The van der Waals surface area contributed by atoms with Gasteiger partial charge in [-0.25, -0.2) is 4.39 Å². The molecule has 0 saturated carbocycles. The Morgan fingerprint density at radius 3 is 2.72 bits per heavy atom. The van der Waals surface area contributed by atoms with Crippen LogP contribution in [0.4, 0.5) is 4.39 Å². The Morgan fingerprint density at radius 2 is 1.89 bits per heavy atom. The minimum absolute atomic E-state index is 0.221. The second-order valence-corrected chi connectivity index (χ2v) is 4.43. The van der Waals surface area contributed by atoms with E-state index in [-0.39, 0.29) is 5.82 Å². The summed E-state index contributed by atoms with van der Waals surface area (Å²) in [7, 11) is 1.59. The lowest BCUT2D eigenvalue weighted by atomic mass is 10.00. The summed E-state index contributed by atoms with van der Waals surface area (Å²) in [6, 6.07) is 10.9. The van der Waals surface area contributed by atoms with E-state index >= 15 is 0 Å². The van der Waals surface area contributed by atoms with E-state index in [0.29, 0.717) is 11.3 Å². The molecule has 92 valence electrons. The number of rotatable bonds is 2. The maximum absolute atomic E-state index is 13.9. The van der Waals surface area contributed by atoms with Gasteiger partial charge in [0.25, 0.3) is 0 Å². The molecule has 0 spiro atoms. The van der Waals surface area contributed by atoms with E-state index in [4.69, 9.17) is 4.74 Å². The Labute approximate surface area is 105 Å². The van der Waals surface area contributed by atoms with Gasteiger partial charge in [0, 0.05) is 18.7 Å². The second-order valence-electron chi connectivity index (χ2n) is 4.43. The first kappa shape index (κ1) is 11.2. The average molecular weight is 243 g/mol. The summed E-state index contributed by atoms with van der Waals surface area (Å²) >= 11 is 0. The van der Waals surface area contributed by atoms with Crippen molar-refractivity contribution in [1.29, 1.82) is 0 Å². The molecule has 3 heteroatoms. The summed E-state index contributed by atoms with van der Waals surface area (Å²) in [5.74, 6) is 0.451. The van der Waals surface area contributed by atoms with Crippen molar-refractivity contribution in [3.05, 3.63) is 53.3 Å². The molecule has 0 fully saturated rings. The van der Waals surface area contributed by atoms with Gasteiger partial charge in [-0.2, -0.15) is 0 Å². The number of methoxy groups -OCH3 is 1. The summed E-state index contributed by atoms with van der Waals surface area (Å²) < 4.78 is 19.0. The van der Waals surface area contributed by atoms with Crippen LogP contribution in [-0.4, -0.2) is 7.11 Å². The molecule has 2 nitrogen and oxygen atoms in total. The fourth-order valence-corrected chi connectivity index (χ4v) is 2.31. The van der Waals surface area contributed by atoms with Gasteiger partial charge in [-0.05, 0) is 41.0 Å². The molecule has 0 unspecified atom stereocenters. The summed E-state index contributed by atoms with van der Waals surface area (Å²) in [4.78, 5) is 0. The highest BCUT2D eigenvalue weighted by atomic mass is 19.1. The van der Waals surface area contributed by atoms with E-state index in [2.05, 4.69) is 11.4 Å². The molecule has 18 heavy (non-hydrogen) atoms. The maximum atomic E-state index is 13.9. The topological polar surface area (TPSA) is 21.3 Å². The molecule has 0 aliphatic carbocycles. The van der Waals surface area contributed by atoms with Crippen LogP contribution < -0.4 is 10.1 Å². The third-order valence-corrected chi connectivity index (χ3v) is 3.32. The zero-order valence-corrected chi connectivity index (χ0v) is 10.2. The van der Waals surface area contributed by atoms with Gasteiger partial charge in [0.2, 0.25) is 0 Å². The third kappa shape index (κ3) is 1.87. The molecule has 3 rings (SSSR count). The van der Waals surface area contributed by atoms with E-state index in [1.807, 2.05) is 12.1 Å². The fraction of sp³-hybridized carbons (Fsp3) is 0.200. The van der Waals surface area contributed by atoms with Crippen molar-refractivity contribution in [2.24, 2.45) is 0 Å². The minimum Gasteiger partial charge on any atom is -0.497 e. The molecular formula is C15H14FNO. The number of benzene rings is 2. The predicted molar refractivity (Wildman–Crippen MR) is 68.9 cm³/mol. The monoisotopic (exact) mass is 243 g/mol. The van der Waals surface area contributed by atoms with E-state index < -0.39 is 0 Å². The number of hydrogen-bond acceptors (Lipinski definition) is 2. The molecule has 2 aromatic rings. The molecule has 0 aromatic heterocycles. The highest BCUT2D eigenvalue weighted by Crippen LogP contribution is 2.29. The molecule has 0 atom stereocenters. The van der Waals surface area contributed by atoms with Gasteiger partial charge >= 0.3 is 0 Å². The minimum atomic E-state index is -0.221. The lowest BCUT2D eigenvalue weighted by molar-refractivity contribution is 0.414. The van der Waals surface area contributed by atoms with Crippen molar-refractivity contribution < 1.29 is 9.13 Å². The van der Waals surface area contributed by atoms with E-state index in [1.54, 1.807) is 19.2 Å². The Balaban J connectivity index is 2.09. The zero-order chi connectivity index (χ0) is 12.5. The lowest BCUT2D eigenvalue weighted by Crippen LogP contribution is -1.99. The van der Waals surface area contributed by atoms with Gasteiger partial charge in [0.1, 0.15) is 11.6 Å². The smallest absolute Gasteiger partial charge is 0.131 e. The molecule has 0 amide bonds. The number of hydrogen-bond donors (Lipinski definition) is 1. The van der Waals surface area contributed by atoms with Gasteiger partial charge < -0.3 is 10.1 Å². The van der Waals surface area contributed by atoms with Crippen LogP contribution in [0.1, 0.15) is 11.1 Å². The summed E-state index contributed by atoms with van der Waals surface area (Å²) in [5, 5.41) is 3.29. The van der Waals surface area contributed by atoms with Crippen molar-refractivity contribution in [3.8, 4) is 16.9 Å². The first-order valence-electron chi connectivity index (χ1n) is 5.94. The third-order valence-electron chi connectivity index (χ3n) is 3.32. The number of halogens is 1. The molecule has 1 N–H and O–H groups in total. The predicted octanol–water partition coefficient (Wildman–Crippen LogP) is 3.10. The maximum Gasteiger partial charge on any atom is 0.131 e. The van der Waals surface area contributed by atoms with Crippen LogP contribution in [0.2, 0.25) is 0 Å². The summed E-state index contributed by atoms with van der Waals surface area (Å²) in [6.45, 7) is 1.75. The highest BCUT2D eigenvalue weighted by molar-refractivity contribution is 5.67. The van der Waals surface area contributed by atoms with Crippen LogP contribution >= 0.6 is 0 Å². The van der Waals surface area contributed by atoms with E-state index in [9.17, 15) is 4.39 Å². The number of fused-ring (bicyclic) bond motifs is 1. The van der Waals surface area contributed by atoms with Crippen molar-refractivity contribution in [2.75, 3.05) is 7.11 Å². The summed E-state index contributed by atoms with van der Waals surface area (Å²) in [6.07, 6.45) is 0. The van der Waals surface area contributed by atoms with E-state index in [1.165, 1.54) is 17.2 Å². The molecule has 2 aromatic carbocycles. The Morgan fingerprint density at radius 1 is 1.06 bits per heavy atom. The Kier molecular flexibility index (Phi) is 2.76. The van der Waals surface area contributed by atoms with Gasteiger partial charge in [0.15, 0.2) is 0 Å². The molecule has 1 aliphatic rings. The van der Waals surface area contributed by atoms with Crippen molar-refractivity contribution >= 4 is 0 Å². The standard InChI is InChI=1S/C15H14FNO/c1-18-13-4-5-15(16)14(7-13)10-2-3-11-8-17-9-12(11)6-10/h2-7,17H,8-9H2,1H3. The van der Waals surface area contributed by atoms with Crippen LogP contribution in [0.15, 0.2) is 36.4 Å². The van der Waals surface area contributed by atoms with Gasteiger partial charge in [-0.3, -0.25) is 0 Å². The molecule has 1 heterocycles. The normalized spacial score (nSPS) is 13.4. The van der Waals surface area contributed by atoms with Crippen LogP contribution in [0.25, 0.3) is 11.1 Å². The van der Waals surface area contributed by atoms with Crippen LogP contribution in [0.5, 0.6) is 5.75 Å². The summed E-state index contributed by atoms with van der Waals surface area (Å²) in [5.41, 5.74) is 4.02. The molecule has 1 aliphatic heterocycles. The van der Waals surface area contributed by atoms with Crippen LogP contribution in [0, 0.1) is 5.82 Å². The van der Waals surface area contributed by atoms with Crippen LogP contribution in [-0.2, 0) is 13.1 Å². The zero-order valence-electron chi connectivity index (χ0n) is 10.2. The van der Waals surface area contributed by atoms with Gasteiger partial charge in [0.05, 0.1) is 7.11 Å². The van der Waals surface area contributed by atoms with Gasteiger partial charge in [-0.1, -0.05) is 12.1 Å². The molecular weight excluding hydrogens is 229 g/mol. The van der Waals surface area contributed by atoms with Crippen molar-refractivity contribution in [1.82, 2.24) is 5.32 Å². The largest absolute Gasteiger partial charge is 0.497 e. The number of ether oxygens (including phenoxy) is 1. The SMILES string of the molecule is COc1ccc(F)c(-c2ccc3c(c2)CNC3)c1. The Hall–Kier alpha value is -1.87. The first-order chi connectivity index (χ1) is 8.78.